The smallest absolute Gasteiger partial charge is 0.310 e. The van der Waals surface area contributed by atoms with Crippen molar-refractivity contribution in [1.29, 1.82) is 0 Å². The van der Waals surface area contributed by atoms with E-state index in [-0.39, 0.29) is 5.56 Å². The number of hydrogen-bond donors (Lipinski definition) is 0. The van der Waals surface area contributed by atoms with Gasteiger partial charge in [0.25, 0.3) is 0 Å². The van der Waals surface area contributed by atoms with Crippen LogP contribution in [0.2, 0.25) is 0 Å². The number of rotatable bonds is 6. The van der Waals surface area contributed by atoms with Crippen LogP contribution in [0.1, 0.15) is 33.4 Å². The van der Waals surface area contributed by atoms with Gasteiger partial charge >= 0.3 is 6.18 Å². The molecule has 0 bridgehead atoms. The summed E-state index contributed by atoms with van der Waals surface area (Å²) in [4.78, 5) is 4.19. The normalized spacial score (nSPS) is 11.9. The van der Waals surface area contributed by atoms with Crippen LogP contribution in [0.4, 0.5) is 18.9 Å². The molecule has 0 aliphatic heterocycles. The van der Waals surface area contributed by atoms with E-state index in [9.17, 15) is 0 Å². The van der Waals surface area contributed by atoms with Gasteiger partial charge in [0.2, 0.25) is 0 Å². The molecule has 0 unspecified atom stereocenters. The third-order valence-electron chi connectivity index (χ3n) is 13.2. The molecule has 324 valence electrons. The van der Waals surface area contributed by atoms with Crippen molar-refractivity contribution in [3.05, 3.63) is 221 Å². The Balaban J connectivity index is 1.27. The quantitative estimate of drug-likeness (QED) is 0.148. The molecule has 2 heterocycles. The summed E-state index contributed by atoms with van der Waals surface area (Å²) < 4.78 is 50.6. The van der Waals surface area contributed by atoms with E-state index in [1.165, 1.54) is 28.3 Å². The number of hydrogen-bond acceptors (Lipinski definition) is 0. The lowest BCUT2D eigenvalue weighted by Gasteiger charge is -2.25. The van der Waals surface area contributed by atoms with E-state index in [1.807, 2.05) is 48.5 Å². The maximum Gasteiger partial charge on any atom is 0.417 e. The van der Waals surface area contributed by atoms with Crippen LogP contribution in [0.3, 0.4) is 0 Å². The second-order valence-electron chi connectivity index (χ2n) is 17.9. The molecule has 0 radical (unpaired) electrons. The number of aromatic nitrogens is 2. The third-order valence-corrected chi connectivity index (χ3v) is 13.2. The zero-order valence-electron chi connectivity index (χ0n) is 37.7. The van der Waals surface area contributed by atoms with Gasteiger partial charge < -0.3 is 9.13 Å². The van der Waals surface area contributed by atoms with Gasteiger partial charge in [0.1, 0.15) is 0 Å². The van der Waals surface area contributed by atoms with Gasteiger partial charge in [-0.3, -0.25) is 0 Å². The summed E-state index contributed by atoms with van der Waals surface area (Å²) >= 11 is 0. The molecule has 11 aromatic rings. The molecule has 11 rings (SSSR count). The average molecular weight is 876 g/mol. The number of halogens is 3. The van der Waals surface area contributed by atoms with Crippen molar-refractivity contribution < 1.29 is 13.2 Å². The van der Waals surface area contributed by atoms with Crippen LogP contribution in [-0.2, 0) is 6.18 Å². The van der Waals surface area contributed by atoms with Gasteiger partial charge in [-0.15, -0.1) is 0 Å². The van der Waals surface area contributed by atoms with Crippen molar-refractivity contribution >= 4 is 49.3 Å². The minimum Gasteiger partial charge on any atom is -0.310 e. The fourth-order valence-electron chi connectivity index (χ4n) is 10.6. The Bertz CT molecular complexity index is 3830. The molecule has 6 heteroatoms. The lowest BCUT2D eigenvalue weighted by molar-refractivity contribution is -0.137. The second kappa shape index (κ2) is 15.8. The Morgan fingerprint density at radius 2 is 0.866 bits per heavy atom. The van der Waals surface area contributed by atoms with E-state index in [1.54, 1.807) is 25.1 Å². The van der Waals surface area contributed by atoms with Gasteiger partial charge in [0.05, 0.1) is 39.9 Å². The van der Waals surface area contributed by atoms with Crippen LogP contribution in [0.5, 0.6) is 0 Å². The summed E-state index contributed by atoms with van der Waals surface area (Å²) in [7, 11) is 0. The molecule has 9 aromatic carbocycles. The number of fused-ring (bicyclic) bond motifs is 6. The van der Waals surface area contributed by atoms with Crippen LogP contribution in [0, 0.1) is 41.2 Å². The lowest BCUT2D eigenvalue weighted by Crippen LogP contribution is -2.10. The molecular weight excluding hydrogens is 832 g/mol. The molecule has 0 aliphatic carbocycles. The zero-order chi connectivity index (χ0) is 46.3. The predicted molar refractivity (Wildman–Crippen MR) is 272 cm³/mol. The molecular formula is C61H44F3N3. The molecule has 67 heavy (non-hydrogen) atoms. The number of para-hydroxylation sites is 2. The summed E-state index contributed by atoms with van der Waals surface area (Å²) in [6.07, 6.45) is -4.66. The SMILES string of the molecule is [C-]#[N+]c1cccc(-n2c3ccccc3c3cc(-c4cc(C)cc(C)c4)ccc32)c1-c1c(-c2c(C)cccc2C(F)(F)F)cccc1-n1c2ccccc2c2cc(-c3cc(C)cc(C)c3)ccc21. The van der Waals surface area contributed by atoms with E-state index in [4.69, 9.17) is 6.57 Å². The van der Waals surface area contributed by atoms with Gasteiger partial charge in [-0.2, -0.15) is 13.2 Å². The average Bonchev–Trinajstić information content (AvgIpc) is 3.82. The predicted octanol–water partition coefficient (Wildman–Crippen LogP) is 17.7. The molecule has 0 fully saturated rings. The zero-order valence-corrected chi connectivity index (χ0v) is 37.7. The van der Waals surface area contributed by atoms with E-state index in [0.29, 0.717) is 39.3 Å². The number of benzene rings is 9. The van der Waals surface area contributed by atoms with Crippen molar-refractivity contribution in [3.63, 3.8) is 0 Å². The molecule has 0 N–H and O–H groups in total. The van der Waals surface area contributed by atoms with E-state index in [0.717, 1.165) is 71.9 Å². The van der Waals surface area contributed by atoms with Crippen molar-refractivity contribution in [2.45, 2.75) is 40.8 Å². The van der Waals surface area contributed by atoms with Gasteiger partial charge in [-0.1, -0.05) is 144 Å². The Morgan fingerprint density at radius 1 is 0.403 bits per heavy atom. The minimum atomic E-state index is -4.66. The van der Waals surface area contributed by atoms with Crippen LogP contribution in [0.15, 0.2) is 176 Å². The molecule has 0 saturated carbocycles. The number of aryl methyl sites for hydroxylation is 5. The van der Waals surface area contributed by atoms with Gasteiger partial charge in [-0.25, -0.2) is 4.85 Å². The molecule has 0 amide bonds. The highest BCUT2D eigenvalue weighted by molar-refractivity contribution is 6.14. The van der Waals surface area contributed by atoms with Gasteiger partial charge in [0, 0.05) is 38.4 Å². The summed E-state index contributed by atoms with van der Waals surface area (Å²) in [6.45, 7) is 18.9. The molecule has 0 atom stereocenters. The van der Waals surface area contributed by atoms with Crippen molar-refractivity contribution in [2.75, 3.05) is 0 Å². The van der Waals surface area contributed by atoms with E-state index >= 15 is 13.2 Å². The molecule has 3 nitrogen and oxygen atoms in total. The second-order valence-corrected chi connectivity index (χ2v) is 17.9. The highest BCUT2D eigenvalue weighted by Gasteiger charge is 2.36. The van der Waals surface area contributed by atoms with Crippen LogP contribution in [0.25, 0.3) is 104 Å². The van der Waals surface area contributed by atoms with Gasteiger partial charge in [0.15, 0.2) is 5.69 Å². The monoisotopic (exact) mass is 875 g/mol. The first kappa shape index (κ1) is 41.6. The Morgan fingerprint density at radius 3 is 1.37 bits per heavy atom. The maximum absolute atomic E-state index is 15.4. The first-order valence-electron chi connectivity index (χ1n) is 22.4. The highest BCUT2D eigenvalue weighted by atomic mass is 19.4. The standard InChI is InChI=1S/C61H44F3N3/c1-36-28-37(2)31-43(30-36)41-24-26-54-48(34-41)45-15-7-9-20-52(45)66(54)56-22-12-17-47(58-40(5)14-11-18-50(58)61(62,63)64)59(56)60-51(65-6)19-13-23-57(60)67-53-21-10-8-16-46(53)49-35-42(25-27-55(49)67)44-32-38(3)29-39(4)33-44/h7-35H,1-5H3. The van der Waals surface area contributed by atoms with E-state index in [2.05, 4.69) is 139 Å². The van der Waals surface area contributed by atoms with E-state index < -0.39 is 11.7 Å². The van der Waals surface area contributed by atoms with Crippen molar-refractivity contribution in [2.24, 2.45) is 0 Å². The Hall–Kier alpha value is -8.14. The first-order chi connectivity index (χ1) is 32.4. The topological polar surface area (TPSA) is 14.2 Å². The summed E-state index contributed by atoms with van der Waals surface area (Å²) in [5, 5.41) is 4.07. The Labute approximate surface area is 387 Å². The summed E-state index contributed by atoms with van der Waals surface area (Å²) in [6, 6.07) is 58.2. The van der Waals surface area contributed by atoms with Crippen molar-refractivity contribution in [3.8, 4) is 55.9 Å². The largest absolute Gasteiger partial charge is 0.417 e. The van der Waals surface area contributed by atoms with Gasteiger partial charge in [-0.05, 0) is 128 Å². The van der Waals surface area contributed by atoms with Crippen LogP contribution < -0.4 is 0 Å². The highest BCUT2D eigenvalue weighted by Crippen LogP contribution is 2.51. The minimum absolute atomic E-state index is 0.0794. The third kappa shape index (κ3) is 6.89. The first-order valence-corrected chi connectivity index (χ1v) is 22.4. The maximum atomic E-state index is 15.4. The molecule has 0 spiro atoms. The fraction of sp³-hybridized carbons (Fsp3) is 0.0984. The summed E-state index contributed by atoms with van der Waals surface area (Å²) in [5.74, 6) is 0. The van der Waals surface area contributed by atoms with Crippen molar-refractivity contribution in [1.82, 2.24) is 9.13 Å². The van der Waals surface area contributed by atoms with Crippen LogP contribution >= 0.6 is 0 Å². The molecule has 2 aromatic heterocycles. The lowest BCUT2D eigenvalue weighted by atomic mass is 9.86. The molecule has 0 saturated heterocycles. The Kier molecular flexibility index (Phi) is 9.79. The fourth-order valence-corrected chi connectivity index (χ4v) is 10.6. The number of alkyl halides is 3. The summed E-state index contributed by atoms with van der Waals surface area (Å²) in [5.41, 5.74) is 15.7. The van der Waals surface area contributed by atoms with Crippen LogP contribution in [-0.4, -0.2) is 9.13 Å². The number of nitrogens with zero attached hydrogens (tertiary/aromatic N) is 3. The molecule has 0 aliphatic rings.